The van der Waals surface area contributed by atoms with Crippen molar-refractivity contribution in [1.29, 1.82) is 0 Å². The van der Waals surface area contributed by atoms with Crippen molar-refractivity contribution in [3.8, 4) is 5.75 Å². The molecule has 0 radical (unpaired) electrons. The second-order valence-corrected chi connectivity index (χ2v) is 4.03. The van der Waals surface area contributed by atoms with Crippen molar-refractivity contribution >= 4 is 5.91 Å². The van der Waals surface area contributed by atoms with Crippen LogP contribution in [0, 0.1) is 0 Å². The van der Waals surface area contributed by atoms with Gasteiger partial charge in [0.2, 0.25) is 0 Å². The first-order chi connectivity index (χ1) is 9.19. The molecule has 6 nitrogen and oxygen atoms in total. The number of aromatic amines is 2. The van der Waals surface area contributed by atoms with Gasteiger partial charge in [-0.25, -0.2) is 0 Å². The lowest BCUT2D eigenvalue weighted by atomic mass is 10.1. The Kier molecular flexibility index (Phi) is 4.02. The van der Waals surface area contributed by atoms with Crippen molar-refractivity contribution in [2.45, 2.75) is 6.42 Å². The Balaban J connectivity index is 1.82. The first-order valence-electron chi connectivity index (χ1n) is 5.88. The van der Waals surface area contributed by atoms with E-state index in [4.69, 9.17) is 4.74 Å². The number of ether oxygens (including phenoxy) is 1. The number of carbonyl (C=O) groups excluding carboxylic acids is 1. The zero-order valence-electron chi connectivity index (χ0n) is 10.5. The molecule has 2 aromatic rings. The van der Waals surface area contributed by atoms with Crippen LogP contribution < -0.4 is 15.6 Å². The van der Waals surface area contributed by atoms with Crippen molar-refractivity contribution in [1.82, 2.24) is 15.5 Å². The van der Waals surface area contributed by atoms with Crippen LogP contribution in [-0.2, 0) is 6.42 Å². The van der Waals surface area contributed by atoms with Crippen LogP contribution in [0.2, 0.25) is 0 Å². The summed E-state index contributed by atoms with van der Waals surface area (Å²) in [7, 11) is 1.62. The fourth-order valence-corrected chi connectivity index (χ4v) is 1.66. The molecule has 0 unspecified atom stereocenters. The van der Waals surface area contributed by atoms with Crippen LogP contribution >= 0.6 is 0 Å². The third-order valence-electron chi connectivity index (χ3n) is 2.70. The third kappa shape index (κ3) is 3.48. The van der Waals surface area contributed by atoms with Gasteiger partial charge in [-0.3, -0.25) is 19.8 Å². The smallest absolute Gasteiger partial charge is 0.269 e. The van der Waals surface area contributed by atoms with E-state index in [0.29, 0.717) is 13.0 Å². The number of hydrogen-bond donors (Lipinski definition) is 3. The van der Waals surface area contributed by atoms with Crippen LogP contribution in [0.5, 0.6) is 5.75 Å². The Morgan fingerprint density at radius 3 is 2.58 bits per heavy atom. The Morgan fingerprint density at radius 1 is 1.26 bits per heavy atom. The van der Waals surface area contributed by atoms with Crippen molar-refractivity contribution < 1.29 is 9.53 Å². The molecular formula is C13H15N3O3. The van der Waals surface area contributed by atoms with Gasteiger partial charge in [-0.15, -0.1) is 0 Å². The molecule has 0 aliphatic heterocycles. The van der Waals surface area contributed by atoms with E-state index >= 15 is 0 Å². The van der Waals surface area contributed by atoms with E-state index in [2.05, 4.69) is 15.5 Å². The standard InChI is InChI=1S/C13H15N3O3/c1-19-10-4-2-9(3-5-10)6-7-14-13(18)11-8-12(17)16-15-11/h2-5,8H,6-7H2,1H3,(H,14,18)(H2,15,16,17). The molecule has 0 saturated carbocycles. The summed E-state index contributed by atoms with van der Waals surface area (Å²) in [6.07, 6.45) is 0.713. The summed E-state index contributed by atoms with van der Waals surface area (Å²) in [5.74, 6) is 0.504. The molecule has 0 aliphatic rings. The van der Waals surface area contributed by atoms with Gasteiger partial charge < -0.3 is 10.1 Å². The minimum atomic E-state index is -0.319. The maximum atomic E-state index is 11.6. The lowest BCUT2D eigenvalue weighted by molar-refractivity contribution is 0.0949. The van der Waals surface area contributed by atoms with Gasteiger partial charge in [0, 0.05) is 12.6 Å². The SMILES string of the molecule is COc1ccc(CCNC(=O)c2cc(=O)[nH][nH]2)cc1. The van der Waals surface area contributed by atoms with Gasteiger partial charge in [0.15, 0.2) is 0 Å². The molecule has 3 N–H and O–H groups in total. The lowest BCUT2D eigenvalue weighted by Crippen LogP contribution is -2.26. The van der Waals surface area contributed by atoms with E-state index in [-0.39, 0.29) is 17.2 Å². The van der Waals surface area contributed by atoms with E-state index in [0.717, 1.165) is 11.3 Å². The van der Waals surface area contributed by atoms with Gasteiger partial charge in [0.05, 0.1) is 7.11 Å². The summed E-state index contributed by atoms with van der Waals surface area (Å²) in [6.45, 7) is 0.498. The van der Waals surface area contributed by atoms with Gasteiger partial charge in [-0.2, -0.15) is 0 Å². The Hall–Kier alpha value is -2.50. The van der Waals surface area contributed by atoms with E-state index in [9.17, 15) is 9.59 Å². The van der Waals surface area contributed by atoms with Crippen LogP contribution in [0.4, 0.5) is 0 Å². The van der Waals surface area contributed by atoms with Crippen LogP contribution in [0.3, 0.4) is 0 Å². The number of amides is 1. The van der Waals surface area contributed by atoms with Gasteiger partial charge in [-0.1, -0.05) is 12.1 Å². The molecule has 0 bridgehead atoms. The maximum Gasteiger partial charge on any atom is 0.269 e. The summed E-state index contributed by atoms with van der Waals surface area (Å²) in [4.78, 5) is 22.5. The highest BCUT2D eigenvalue weighted by Gasteiger charge is 2.06. The Morgan fingerprint density at radius 2 is 2.00 bits per heavy atom. The molecule has 0 atom stereocenters. The van der Waals surface area contributed by atoms with Crippen LogP contribution in [0.15, 0.2) is 35.1 Å². The van der Waals surface area contributed by atoms with E-state index in [1.165, 1.54) is 6.07 Å². The van der Waals surface area contributed by atoms with Gasteiger partial charge in [-0.05, 0) is 24.1 Å². The Labute approximate surface area is 109 Å². The summed E-state index contributed by atoms with van der Waals surface area (Å²) < 4.78 is 5.07. The molecule has 0 saturated heterocycles. The molecule has 19 heavy (non-hydrogen) atoms. The molecule has 0 spiro atoms. The maximum absolute atomic E-state index is 11.6. The van der Waals surface area contributed by atoms with Crippen molar-refractivity contribution in [3.63, 3.8) is 0 Å². The zero-order chi connectivity index (χ0) is 13.7. The molecule has 0 aliphatic carbocycles. The first-order valence-corrected chi connectivity index (χ1v) is 5.88. The second kappa shape index (κ2) is 5.90. The van der Waals surface area contributed by atoms with E-state index < -0.39 is 0 Å². The molecule has 1 amide bonds. The largest absolute Gasteiger partial charge is 0.497 e. The number of carbonyl (C=O) groups is 1. The highest BCUT2D eigenvalue weighted by Crippen LogP contribution is 2.11. The van der Waals surface area contributed by atoms with Gasteiger partial charge >= 0.3 is 0 Å². The number of H-pyrrole nitrogens is 2. The lowest BCUT2D eigenvalue weighted by Gasteiger charge is -2.05. The number of hydrogen-bond acceptors (Lipinski definition) is 3. The summed E-state index contributed by atoms with van der Waals surface area (Å²) >= 11 is 0. The highest BCUT2D eigenvalue weighted by molar-refractivity contribution is 5.92. The molecular weight excluding hydrogens is 246 g/mol. The highest BCUT2D eigenvalue weighted by atomic mass is 16.5. The quantitative estimate of drug-likeness (QED) is 0.739. The first kappa shape index (κ1) is 12.9. The normalized spacial score (nSPS) is 10.2. The monoisotopic (exact) mass is 261 g/mol. The zero-order valence-corrected chi connectivity index (χ0v) is 10.5. The minimum absolute atomic E-state index is 0.236. The second-order valence-electron chi connectivity index (χ2n) is 4.03. The average Bonchev–Trinajstić information content (AvgIpc) is 2.86. The summed E-state index contributed by atoms with van der Waals surface area (Å²) in [5, 5.41) is 7.55. The average molecular weight is 261 g/mol. The number of aromatic nitrogens is 2. The topological polar surface area (TPSA) is 87.0 Å². The van der Waals surface area contributed by atoms with Crippen LogP contribution in [-0.4, -0.2) is 29.8 Å². The van der Waals surface area contributed by atoms with E-state index in [1.54, 1.807) is 7.11 Å². The molecule has 2 rings (SSSR count). The predicted molar refractivity (Wildman–Crippen MR) is 70.4 cm³/mol. The van der Waals surface area contributed by atoms with E-state index in [1.807, 2.05) is 24.3 Å². The summed E-state index contributed by atoms with van der Waals surface area (Å²) in [5.41, 5.74) is 1.02. The van der Waals surface area contributed by atoms with Gasteiger partial charge in [0.1, 0.15) is 11.4 Å². The van der Waals surface area contributed by atoms with Crippen molar-refractivity contribution in [3.05, 3.63) is 51.9 Å². The summed E-state index contributed by atoms with van der Waals surface area (Å²) in [6, 6.07) is 8.87. The number of methoxy groups -OCH3 is 1. The van der Waals surface area contributed by atoms with Crippen LogP contribution in [0.25, 0.3) is 0 Å². The molecule has 100 valence electrons. The number of nitrogens with one attached hydrogen (secondary N) is 3. The van der Waals surface area contributed by atoms with Crippen LogP contribution in [0.1, 0.15) is 16.1 Å². The predicted octanol–water partition coefficient (Wildman–Crippen LogP) is 0.684. The molecule has 6 heteroatoms. The van der Waals surface area contributed by atoms with Crippen molar-refractivity contribution in [2.75, 3.05) is 13.7 Å². The molecule has 0 fully saturated rings. The fraction of sp³-hybridized carbons (Fsp3) is 0.231. The molecule has 1 heterocycles. The Bertz CT molecular complexity index is 598. The van der Waals surface area contributed by atoms with Crippen molar-refractivity contribution in [2.24, 2.45) is 0 Å². The molecule has 1 aromatic heterocycles. The third-order valence-corrected chi connectivity index (χ3v) is 2.70. The molecule has 1 aromatic carbocycles. The van der Waals surface area contributed by atoms with Gasteiger partial charge in [0.25, 0.3) is 11.5 Å². The fourth-order valence-electron chi connectivity index (χ4n) is 1.66. The number of benzene rings is 1. The minimum Gasteiger partial charge on any atom is -0.497 e. The number of rotatable bonds is 5.